The summed E-state index contributed by atoms with van der Waals surface area (Å²) in [6.07, 6.45) is 1.36. The number of carbonyl (C=O) groups is 2. The fourth-order valence-electron chi connectivity index (χ4n) is 3.86. The summed E-state index contributed by atoms with van der Waals surface area (Å²) in [5.74, 6) is 0.144. The number of amides is 2. The molecule has 1 saturated heterocycles. The summed E-state index contributed by atoms with van der Waals surface area (Å²) in [6.45, 7) is 10.3. The maximum atomic E-state index is 13.9. The molecule has 2 amide bonds. The van der Waals surface area contributed by atoms with Gasteiger partial charge in [-0.2, -0.15) is 0 Å². The third-order valence-electron chi connectivity index (χ3n) is 5.34. The number of halogens is 1. The molecule has 2 unspecified atom stereocenters. The van der Waals surface area contributed by atoms with E-state index in [4.69, 9.17) is 4.52 Å². The van der Waals surface area contributed by atoms with Crippen LogP contribution in [0.1, 0.15) is 56.6 Å². The Kier molecular flexibility index (Phi) is 6.58. The van der Waals surface area contributed by atoms with Crippen LogP contribution in [0.5, 0.6) is 0 Å². The Labute approximate surface area is 176 Å². The van der Waals surface area contributed by atoms with E-state index in [1.165, 1.54) is 12.1 Å². The second kappa shape index (κ2) is 8.98. The Hall–Kier alpha value is -2.70. The van der Waals surface area contributed by atoms with Crippen LogP contribution in [0, 0.1) is 24.6 Å². The molecule has 1 N–H and O–H groups in total. The van der Waals surface area contributed by atoms with E-state index in [1.807, 2.05) is 13.8 Å². The lowest BCUT2D eigenvalue weighted by molar-refractivity contribution is -0.130. The minimum Gasteiger partial charge on any atom is -0.355 e. The van der Waals surface area contributed by atoms with Crippen LogP contribution in [0.3, 0.4) is 0 Å². The van der Waals surface area contributed by atoms with Crippen molar-refractivity contribution in [3.05, 3.63) is 41.3 Å². The fourth-order valence-corrected chi connectivity index (χ4v) is 3.86. The monoisotopic (exact) mass is 415 g/mol. The molecule has 1 aliphatic heterocycles. The van der Waals surface area contributed by atoms with E-state index in [2.05, 4.69) is 24.3 Å². The predicted molar refractivity (Wildman–Crippen MR) is 112 cm³/mol. The Balaban J connectivity index is 1.86. The fraction of sp³-hybridized carbons (Fsp3) is 0.522. The topological polar surface area (TPSA) is 75.4 Å². The van der Waals surface area contributed by atoms with Gasteiger partial charge in [0.2, 0.25) is 5.91 Å². The highest BCUT2D eigenvalue weighted by Crippen LogP contribution is 2.25. The van der Waals surface area contributed by atoms with Crippen LogP contribution in [-0.2, 0) is 4.79 Å². The second-order valence-electron chi connectivity index (χ2n) is 8.98. The van der Waals surface area contributed by atoms with E-state index in [0.717, 1.165) is 6.42 Å². The van der Waals surface area contributed by atoms with Gasteiger partial charge >= 0.3 is 0 Å². The van der Waals surface area contributed by atoms with Gasteiger partial charge in [-0.05, 0) is 43.2 Å². The van der Waals surface area contributed by atoms with Gasteiger partial charge in [0.05, 0.1) is 0 Å². The molecule has 0 radical (unpaired) electrons. The van der Waals surface area contributed by atoms with Crippen molar-refractivity contribution in [1.82, 2.24) is 15.4 Å². The number of carbonyl (C=O) groups excluding carboxylic acids is 2. The van der Waals surface area contributed by atoms with Gasteiger partial charge in [-0.3, -0.25) is 9.59 Å². The zero-order valence-corrected chi connectivity index (χ0v) is 18.2. The first-order valence-corrected chi connectivity index (χ1v) is 10.5. The van der Waals surface area contributed by atoms with Gasteiger partial charge in [-0.15, -0.1) is 0 Å². The van der Waals surface area contributed by atoms with Crippen LogP contribution in [-0.4, -0.2) is 40.5 Å². The number of nitrogens with zero attached hydrogens (tertiary/aromatic N) is 2. The summed E-state index contributed by atoms with van der Waals surface area (Å²) in [5, 5.41) is 6.99. The number of rotatable bonds is 6. The summed E-state index contributed by atoms with van der Waals surface area (Å²) in [6, 6.07) is 5.61. The molecule has 0 aliphatic carbocycles. The first-order valence-electron chi connectivity index (χ1n) is 10.5. The molecule has 2 atom stereocenters. The third kappa shape index (κ3) is 4.89. The molecule has 0 saturated carbocycles. The number of piperazine rings is 1. The smallest absolute Gasteiger partial charge is 0.276 e. The summed E-state index contributed by atoms with van der Waals surface area (Å²) in [4.78, 5) is 27.7. The van der Waals surface area contributed by atoms with Crippen LogP contribution in [0.2, 0.25) is 0 Å². The zero-order chi connectivity index (χ0) is 22.0. The van der Waals surface area contributed by atoms with E-state index >= 15 is 0 Å². The summed E-state index contributed by atoms with van der Waals surface area (Å²) in [7, 11) is 0. The van der Waals surface area contributed by atoms with Gasteiger partial charge in [0.25, 0.3) is 5.91 Å². The number of hydrogen-bond donors (Lipinski definition) is 1. The molecule has 3 rings (SSSR count). The summed E-state index contributed by atoms with van der Waals surface area (Å²) < 4.78 is 19.2. The Morgan fingerprint density at radius 3 is 2.57 bits per heavy atom. The Bertz CT molecular complexity index is 922. The number of aryl methyl sites for hydroxylation is 1. The lowest BCUT2D eigenvalue weighted by atomic mass is 9.94. The van der Waals surface area contributed by atoms with Crippen LogP contribution in [0.25, 0.3) is 11.3 Å². The van der Waals surface area contributed by atoms with E-state index < -0.39 is 6.04 Å². The van der Waals surface area contributed by atoms with Crippen molar-refractivity contribution in [2.24, 2.45) is 11.8 Å². The van der Waals surface area contributed by atoms with E-state index in [-0.39, 0.29) is 35.3 Å². The molecule has 1 aromatic heterocycles. The van der Waals surface area contributed by atoms with E-state index in [9.17, 15) is 14.0 Å². The molecule has 6 nitrogen and oxygen atoms in total. The van der Waals surface area contributed by atoms with Crippen molar-refractivity contribution in [3.8, 4) is 11.3 Å². The highest BCUT2D eigenvalue weighted by Gasteiger charge is 2.39. The van der Waals surface area contributed by atoms with Crippen LogP contribution >= 0.6 is 0 Å². The van der Waals surface area contributed by atoms with Crippen LogP contribution in [0.4, 0.5) is 4.39 Å². The molecule has 7 heteroatoms. The molecule has 2 aromatic rings. The summed E-state index contributed by atoms with van der Waals surface area (Å²) in [5.41, 5.74) is 1.16. The van der Waals surface area contributed by atoms with Gasteiger partial charge < -0.3 is 14.7 Å². The second-order valence-corrected chi connectivity index (χ2v) is 8.98. The standard InChI is InChI=1S/C23H30FN3O3/c1-13(2)8-17-12-27(20(9-14(3)4)22(28)25-17)23(29)19-11-21(30-26-19)16-7-6-15(5)18(24)10-16/h6-7,10-11,13-14,17,20H,8-9,12H2,1-5H3,(H,25,28). The molecule has 1 fully saturated rings. The zero-order valence-electron chi connectivity index (χ0n) is 18.2. The highest BCUT2D eigenvalue weighted by atomic mass is 19.1. The normalized spacial score (nSPS) is 19.5. The van der Waals surface area contributed by atoms with Gasteiger partial charge in [-0.1, -0.05) is 45.0 Å². The average molecular weight is 416 g/mol. The van der Waals surface area contributed by atoms with Crippen molar-refractivity contribution in [1.29, 1.82) is 0 Å². The first-order chi connectivity index (χ1) is 14.2. The quantitative estimate of drug-likeness (QED) is 0.768. The van der Waals surface area contributed by atoms with Crippen molar-refractivity contribution in [2.45, 2.75) is 59.5 Å². The van der Waals surface area contributed by atoms with Crippen molar-refractivity contribution < 1.29 is 18.5 Å². The van der Waals surface area contributed by atoms with Gasteiger partial charge in [0.15, 0.2) is 11.5 Å². The molecule has 162 valence electrons. The van der Waals surface area contributed by atoms with Gasteiger partial charge in [0.1, 0.15) is 11.9 Å². The molecule has 1 aliphatic rings. The summed E-state index contributed by atoms with van der Waals surface area (Å²) >= 11 is 0. The SMILES string of the molecule is Cc1ccc(-c2cc(C(=O)N3CC(CC(C)C)NC(=O)C3CC(C)C)no2)cc1F. The molecule has 1 aromatic carbocycles. The predicted octanol–water partition coefficient (Wildman–Crippen LogP) is 4.19. The molecule has 0 bridgehead atoms. The number of nitrogens with one attached hydrogen (secondary N) is 1. The van der Waals surface area contributed by atoms with Crippen LogP contribution < -0.4 is 5.32 Å². The average Bonchev–Trinajstić information content (AvgIpc) is 3.14. The molecule has 2 heterocycles. The maximum absolute atomic E-state index is 13.9. The van der Waals surface area contributed by atoms with Crippen molar-refractivity contribution >= 4 is 11.8 Å². The molecule has 0 spiro atoms. The van der Waals surface area contributed by atoms with Gasteiger partial charge in [0, 0.05) is 24.2 Å². The maximum Gasteiger partial charge on any atom is 0.276 e. The largest absolute Gasteiger partial charge is 0.355 e. The van der Waals surface area contributed by atoms with E-state index in [1.54, 1.807) is 24.0 Å². The molecular formula is C23H30FN3O3. The lowest BCUT2D eigenvalue weighted by Gasteiger charge is -2.40. The molecular weight excluding hydrogens is 385 g/mol. The number of hydrogen-bond acceptors (Lipinski definition) is 4. The lowest BCUT2D eigenvalue weighted by Crippen LogP contribution is -2.62. The van der Waals surface area contributed by atoms with Crippen LogP contribution in [0.15, 0.2) is 28.8 Å². The van der Waals surface area contributed by atoms with Crippen molar-refractivity contribution in [2.75, 3.05) is 6.54 Å². The first kappa shape index (κ1) is 22.0. The Morgan fingerprint density at radius 2 is 1.93 bits per heavy atom. The Morgan fingerprint density at radius 1 is 1.23 bits per heavy atom. The minimum atomic E-state index is -0.544. The minimum absolute atomic E-state index is 0.0950. The number of aromatic nitrogens is 1. The van der Waals surface area contributed by atoms with Gasteiger partial charge in [-0.25, -0.2) is 4.39 Å². The molecule has 30 heavy (non-hydrogen) atoms. The number of benzene rings is 1. The third-order valence-corrected chi connectivity index (χ3v) is 5.34. The van der Waals surface area contributed by atoms with E-state index in [0.29, 0.717) is 35.8 Å². The van der Waals surface area contributed by atoms with Crippen molar-refractivity contribution in [3.63, 3.8) is 0 Å². The highest BCUT2D eigenvalue weighted by molar-refractivity contribution is 5.97.